The fourth-order valence-electron chi connectivity index (χ4n) is 4.82. The highest BCUT2D eigenvalue weighted by Gasteiger charge is 2.53. The minimum Gasteiger partial charge on any atom is -0.481 e. The molecule has 1 unspecified atom stereocenters. The second-order valence-corrected chi connectivity index (χ2v) is 9.29. The van der Waals surface area contributed by atoms with Crippen molar-refractivity contribution in [3.05, 3.63) is 59.7 Å². The molecular weight excluding hydrogens is 465 g/mol. The van der Waals surface area contributed by atoms with E-state index < -0.39 is 41.5 Å². The van der Waals surface area contributed by atoms with Gasteiger partial charge in [-0.1, -0.05) is 55.5 Å². The molecule has 0 bridgehead atoms. The van der Waals surface area contributed by atoms with Crippen LogP contribution in [-0.2, 0) is 14.3 Å². The molecule has 1 aliphatic heterocycles. The van der Waals surface area contributed by atoms with Crippen molar-refractivity contribution in [2.75, 3.05) is 19.7 Å². The first-order valence-corrected chi connectivity index (χ1v) is 11.1. The summed E-state index contributed by atoms with van der Waals surface area (Å²) in [5.41, 5.74) is 2.33. The molecule has 1 heterocycles. The molecule has 2 aromatic rings. The van der Waals surface area contributed by atoms with Gasteiger partial charge in [0.2, 0.25) is 6.04 Å². The quantitative estimate of drug-likeness (QED) is 0.660. The van der Waals surface area contributed by atoms with Crippen LogP contribution in [0.4, 0.5) is 18.0 Å². The van der Waals surface area contributed by atoms with Crippen molar-refractivity contribution in [2.45, 2.75) is 32.0 Å². The van der Waals surface area contributed by atoms with Crippen LogP contribution in [-0.4, -0.2) is 59.9 Å². The molecular formula is C25H25F3N2O5. The van der Waals surface area contributed by atoms with Gasteiger partial charge in [0.15, 0.2) is 0 Å². The first-order valence-electron chi connectivity index (χ1n) is 11.1. The highest BCUT2D eigenvalue weighted by atomic mass is 19.4. The number of fused-ring (bicyclic) bond motifs is 3. The number of carbonyl (C=O) groups excluding carboxylic acids is 2. The molecule has 7 nitrogen and oxygen atoms in total. The average molecular weight is 490 g/mol. The maximum absolute atomic E-state index is 13.7. The van der Waals surface area contributed by atoms with Gasteiger partial charge in [-0.3, -0.25) is 9.59 Å². The van der Waals surface area contributed by atoms with Gasteiger partial charge in [0.25, 0.3) is 5.91 Å². The SMILES string of the molecule is C[C@@H]1CN(C(=O)C(NC(=O)OCC2c3ccccc3-c3ccccc32)C(F)(F)F)C[C@@]1(C)C(=O)O. The van der Waals surface area contributed by atoms with E-state index in [0.29, 0.717) is 0 Å². The summed E-state index contributed by atoms with van der Waals surface area (Å²) in [6.07, 6.45) is -6.47. The second kappa shape index (κ2) is 8.90. The number of carbonyl (C=O) groups is 3. The second-order valence-electron chi connectivity index (χ2n) is 9.29. The number of benzene rings is 2. The van der Waals surface area contributed by atoms with Crippen molar-refractivity contribution in [2.24, 2.45) is 11.3 Å². The zero-order valence-electron chi connectivity index (χ0n) is 19.1. The number of nitrogens with zero attached hydrogens (tertiary/aromatic N) is 1. The molecule has 0 radical (unpaired) electrons. The molecule has 4 rings (SSSR count). The number of halogens is 3. The zero-order chi connectivity index (χ0) is 25.5. The van der Waals surface area contributed by atoms with Gasteiger partial charge in [-0.15, -0.1) is 0 Å². The third-order valence-electron chi connectivity index (χ3n) is 7.08. The van der Waals surface area contributed by atoms with E-state index in [1.54, 1.807) is 12.2 Å². The molecule has 10 heteroatoms. The van der Waals surface area contributed by atoms with Gasteiger partial charge in [0.1, 0.15) is 6.61 Å². The molecule has 0 aromatic heterocycles. The number of alkyl carbamates (subject to hydrolysis) is 1. The Labute approximate surface area is 199 Å². The van der Waals surface area contributed by atoms with Crippen LogP contribution in [0.2, 0.25) is 0 Å². The molecule has 0 saturated carbocycles. The molecule has 2 N–H and O–H groups in total. The minimum atomic E-state index is -5.09. The van der Waals surface area contributed by atoms with Crippen LogP contribution in [0.3, 0.4) is 0 Å². The molecule has 35 heavy (non-hydrogen) atoms. The van der Waals surface area contributed by atoms with Crippen LogP contribution < -0.4 is 5.32 Å². The topological polar surface area (TPSA) is 95.9 Å². The van der Waals surface area contributed by atoms with Crippen molar-refractivity contribution in [1.29, 1.82) is 0 Å². The number of carboxylic acid groups (broad SMARTS) is 1. The van der Waals surface area contributed by atoms with Gasteiger partial charge < -0.3 is 20.1 Å². The molecule has 3 atom stereocenters. The van der Waals surface area contributed by atoms with Crippen LogP contribution >= 0.6 is 0 Å². The standard InChI is InChI=1S/C25H25F3N2O5/c1-14-11-30(13-24(14,2)22(32)33)21(31)20(25(26,27)28)29-23(34)35-12-19-17-9-5-3-7-15(17)16-8-4-6-10-18(16)19/h3-10,14,19-20H,11-13H2,1-2H3,(H,29,34)(H,32,33)/t14-,20?,24-/m1/s1. The van der Waals surface area contributed by atoms with Crippen molar-refractivity contribution in [1.82, 2.24) is 10.2 Å². The zero-order valence-corrected chi connectivity index (χ0v) is 19.1. The lowest BCUT2D eigenvalue weighted by Crippen LogP contribution is -2.56. The monoisotopic (exact) mass is 490 g/mol. The summed E-state index contributed by atoms with van der Waals surface area (Å²) in [5.74, 6) is -3.53. The Hall–Kier alpha value is -3.56. The number of carboxylic acids is 1. The first-order chi connectivity index (χ1) is 16.4. The van der Waals surface area contributed by atoms with Crippen molar-refractivity contribution in [3.63, 3.8) is 0 Å². The van der Waals surface area contributed by atoms with E-state index in [9.17, 15) is 32.7 Å². The predicted molar refractivity (Wildman–Crippen MR) is 120 cm³/mol. The molecule has 2 aliphatic rings. The Balaban J connectivity index is 1.46. The van der Waals surface area contributed by atoms with Crippen LogP contribution in [0.5, 0.6) is 0 Å². The Morgan fingerprint density at radius 1 is 1.11 bits per heavy atom. The molecule has 0 spiro atoms. The van der Waals surface area contributed by atoms with Crippen LogP contribution in [0.25, 0.3) is 11.1 Å². The molecule has 1 fully saturated rings. The third kappa shape index (κ3) is 4.44. The first kappa shape index (κ1) is 24.6. The number of nitrogens with one attached hydrogen (secondary N) is 1. The van der Waals surface area contributed by atoms with E-state index in [4.69, 9.17) is 4.74 Å². The number of rotatable bonds is 5. The fourth-order valence-corrected chi connectivity index (χ4v) is 4.82. The van der Waals surface area contributed by atoms with E-state index in [1.165, 1.54) is 6.92 Å². The number of hydrogen-bond acceptors (Lipinski definition) is 4. The average Bonchev–Trinajstić information content (AvgIpc) is 3.30. The number of hydrogen-bond donors (Lipinski definition) is 2. The summed E-state index contributed by atoms with van der Waals surface area (Å²) < 4.78 is 46.4. The largest absolute Gasteiger partial charge is 0.481 e. The summed E-state index contributed by atoms with van der Waals surface area (Å²) in [5, 5.41) is 11.1. The van der Waals surface area contributed by atoms with Crippen molar-refractivity contribution >= 4 is 18.0 Å². The summed E-state index contributed by atoms with van der Waals surface area (Å²) >= 11 is 0. The summed E-state index contributed by atoms with van der Waals surface area (Å²) in [6.45, 7) is 2.18. The van der Waals surface area contributed by atoms with E-state index in [-0.39, 0.29) is 25.6 Å². The van der Waals surface area contributed by atoms with E-state index in [0.717, 1.165) is 27.2 Å². The van der Waals surface area contributed by atoms with Crippen molar-refractivity contribution in [3.8, 4) is 11.1 Å². The van der Waals surface area contributed by atoms with Gasteiger partial charge >= 0.3 is 18.2 Å². The third-order valence-corrected chi connectivity index (χ3v) is 7.08. The highest BCUT2D eigenvalue weighted by Crippen LogP contribution is 2.44. The van der Waals surface area contributed by atoms with E-state index in [2.05, 4.69) is 0 Å². The lowest BCUT2D eigenvalue weighted by Gasteiger charge is -2.27. The summed E-state index contributed by atoms with van der Waals surface area (Å²) in [4.78, 5) is 37.5. The molecule has 186 valence electrons. The lowest BCUT2D eigenvalue weighted by molar-refractivity contribution is -0.174. The molecule has 1 aliphatic carbocycles. The van der Waals surface area contributed by atoms with Crippen molar-refractivity contribution < 1.29 is 37.4 Å². The summed E-state index contributed by atoms with van der Waals surface area (Å²) in [7, 11) is 0. The number of likely N-dealkylation sites (tertiary alicyclic amines) is 1. The maximum Gasteiger partial charge on any atom is 0.417 e. The predicted octanol–water partition coefficient (Wildman–Crippen LogP) is 4.03. The number of alkyl halides is 3. The van der Waals surface area contributed by atoms with Gasteiger partial charge in [0.05, 0.1) is 5.41 Å². The van der Waals surface area contributed by atoms with Gasteiger partial charge in [-0.25, -0.2) is 4.79 Å². The Morgan fingerprint density at radius 2 is 1.66 bits per heavy atom. The smallest absolute Gasteiger partial charge is 0.417 e. The van der Waals surface area contributed by atoms with Gasteiger partial charge in [-0.2, -0.15) is 13.2 Å². The van der Waals surface area contributed by atoms with E-state index >= 15 is 0 Å². The fraction of sp³-hybridized carbons (Fsp3) is 0.400. The van der Waals surface area contributed by atoms with Gasteiger partial charge in [0, 0.05) is 19.0 Å². The van der Waals surface area contributed by atoms with Crippen LogP contribution in [0.15, 0.2) is 48.5 Å². The Morgan fingerprint density at radius 3 is 2.14 bits per heavy atom. The number of amides is 2. The highest BCUT2D eigenvalue weighted by molar-refractivity contribution is 5.88. The Kier molecular flexibility index (Phi) is 6.25. The molecule has 2 amide bonds. The minimum absolute atomic E-state index is 0.166. The lowest BCUT2D eigenvalue weighted by atomic mass is 9.81. The Bertz CT molecular complexity index is 1120. The van der Waals surface area contributed by atoms with Gasteiger partial charge in [-0.05, 0) is 35.1 Å². The normalized spacial score (nSPS) is 22.3. The molecule has 1 saturated heterocycles. The molecule has 2 aromatic carbocycles. The van der Waals surface area contributed by atoms with Crippen LogP contribution in [0, 0.1) is 11.3 Å². The summed E-state index contributed by atoms with van der Waals surface area (Å²) in [6, 6.07) is 12.2. The maximum atomic E-state index is 13.7. The number of aliphatic carboxylic acids is 1. The van der Waals surface area contributed by atoms with E-state index in [1.807, 2.05) is 48.5 Å². The van der Waals surface area contributed by atoms with Crippen LogP contribution in [0.1, 0.15) is 30.9 Å². The number of ether oxygens (including phenoxy) is 1.